The van der Waals surface area contributed by atoms with Crippen LogP contribution in [0.1, 0.15) is 34.6 Å². The van der Waals surface area contributed by atoms with Crippen molar-refractivity contribution in [3.8, 4) is 0 Å². The number of hydrogen-bond donors (Lipinski definition) is 2. The van der Waals surface area contributed by atoms with Gasteiger partial charge in [0.15, 0.2) is 0 Å². The minimum absolute atomic E-state index is 0.215. The highest BCUT2D eigenvalue weighted by atomic mass is 16.5. The minimum atomic E-state index is 0.215. The Morgan fingerprint density at radius 2 is 1.86 bits per heavy atom. The summed E-state index contributed by atoms with van der Waals surface area (Å²) in [5.41, 5.74) is 0.215. The molecule has 1 unspecified atom stereocenters. The van der Waals surface area contributed by atoms with Gasteiger partial charge in [0.2, 0.25) is 0 Å². The first-order valence-corrected chi connectivity index (χ1v) is 5.53. The van der Waals surface area contributed by atoms with Crippen LogP contribution in [0.25, 0.3) is 0 Å². The molecule has 0 fully saturated rings. The predicted octanol–water partition coefficient (Wildman–Crippen LogP) is 1.39. The minimum Gasteiger partial charge on any atom is -0.377 e. The zero-order valence-corrected chi connectivity index (χ0v) is 10.3. The first-order valence-electron chi connectivity index (χ1n) is 5.53. The molecular weight excluding hydrogens is 176 g/mol. The van der Waals surface area contributed by atoms with Gasteiger partial charge in [0, 0.05) is 31.8 Å². The van der Waals surface area contributed by atoms with Crippen molar-refractivity contribution in [2.45, 2.75) is 46.3 Å². The fourth-order valence-electron chi connectivity index (χ4n) is 1.17. The standard InChI is InChI=1S/C11H26N2O/c1-6-14-10(2)9-12-7-8-13-11(3,4)5/h10,12-13H,6-9H2,1-5H3. The van der Waals surface area contributed by atoms with Gasteiger partial charge in [-0.25, -0.2) is 0 Å². The van der Waals surface area contributed by atoms with Gasteiger partial charge in [-0.3, -0.25) is 0 Å². The normalized spacial score (nSPS) is 14.4. The Kier molecular flexibility index (Phi) is 7.15. The number of rotatable bonds is 7. The molecule has 0 aromatic rings. The second-order valence-electron chi connectivity index (χ2n) is 4.65. The lowest BCUT2D eigenvalue weighted by atomic mass is 10.1. The fourth-order valence-corrected chi connectivity index (χ4v) is 1.17. The molecule has 0 bridgehead atoms. The van der Waals surface area contributed by atoms with Crippen molar-refractivity contribution in [3.05, 3.63) is 0 Å². The quantitative estimate of drug-likeness (QED) is 0.612. The van der Waals surface area contributed by atoms with Gasteiger partial charge in [0.05, 0.1) is 6.10 Å². The van der Waals surface area contributed by atoms with Crippen LogP contribution in [0.5, 0.6) is 0 Å². The Labute approximate surface area is 88.6 Å². The van der Waals surface area contributed by atoms with E-state index >= 15 is 0 Å². The van der Waals surface area contributed by atoms with E-state index in [-0.39, 0.29) is 5.54 Å². The topological polar surface area (TPSA) is 33.3 Å². The molecule has 0 aromatic carbocycles. The van der Waals surface area contributed by atoms with Gasteiger partial charge in [-0.05, 0) is 34.6 Å². The highest BCUT2D eigenvalue weighted by Crippen LogP contribution is 1.96. The van der Waals surface area contributed by atoms with Crippen molar-refractivity contribution in [1.29, 1.82) is 0 Å². The van der Waals surface area contributed by atoms with Crippen molar-refractivity contribution < 1.29 is 4.74 Å². The van der Waals surface area contributed by atoms with E-state index in [0.29, 0.717) is 6.10 Å². The molecule has 0 aliphatic heterocycles. The van der Waals surface area contributed by atoms with Crippen molar-refractivity contribution in [3.63, 3.8) is 0 Å². The van der Waals surface area contributed by atoms with Crippen LogP contribution >= 0.6 is 0 Å². The fraction of sp³-hybridized carbons (Fsp3) is 1.00. The molecule has 0 amide bonds. The number of hydrogen-bond acceptors (Lipinski definition) is 3. The van der Waals surface area contributed by atoms with E-state index in [0.717, 1.165) is 26.2 Å². The van der Waals surface area contributed by atoms with E-state index in [1.54, 1.807) is 0 Å². The Bertz CT molecular complexity index is 132. The molecule has 0 spiro atoms. The molecule has 86 valence electrons. The van der Waals surface area contributed by atoms with Crippen LogP contribution in [0.2, 0.25) is 0 Å². The molecule has 0 aliphatic carbocycles. The van der Waals surface area contributed by atoms with Gasteiger partial charge in [-0.2, -0.15) is 0 Å². The number of ether oxygens (including phenoxy) is 1. The molecule has 0 saturated carbocycles. The molecule has 3 heteroatoms. The monoisotopic (exact) mass is 202 g/mol. The van der Waals surface area contributed by atoms with Crippen LogP contribution < -0.4 is 10.6 Å². The molecular formula is C11H26N2O. The van der Waals surface area contributed by atoms with Gasteiger partial charge < -0.3 is 15.4 Å². The molecule has 0 radical (unpaired) electrons. The Hall–Kier alpha value is -0.120. The van der Waals surface area contributed by atoms with Gasteiger partial charge >= 0.3 is 0 Å². The summed E-state index contributed by atoms with van der Waals surface area (Å²) in [6.07, 6.45) is 0.314. The maximum atomic E-state index is 5.41. The molecule has 0 heterocycles. The lowest BCUT2D eigenvalue weighted by Crippen LogP contribution is -2.41. The van der Waals surface area contributed by atoms with Gasteiger partial charge in [0.25, 0.3) is 0 Å². The molecule has 3 nitrogen and oxygen atoms in total. The first-order chi connectivity index (χ1) is 6.45. The third-order valence-electron chi connectivity index (χ3n) is 1.84. The molecule has 0 aliphatic rings. The molecule has 0 aromatic heterocycles. The Balaban J connectivity index is 3.21. The average molecular weight is 202 g/mol. The van der Waals surface area contributed by atoms with E-state index in [1.807, 2.05) is 6.92 Å². The Morgan fingerprint density at radius 1 is 1.21 bits per heavy atom. The smallest absolute Gasteiger partial charge is 0.0671 e. The molecule has 0 saturated heterocycles. The van der Waals surface area contributed by atoms with Gasteiger partial charge in [0.1, 0.15) is 0 Å². The Morgan fingerprint density at radius 3 is 2.36 bits per heavy atom. The summed E-state index contributed by atoms with van der Waals surface area (Å²) < 4.78 is 5.41. The molecule has 1 atom stereocenters. The van der Waals surface area contributed by atoms with Gasteiger partial charge in [-0.15, -0.1) is 0 Å². The SMILES string of the molecule is CCOC(C)CNCCNC(C)(C)C. The molecule has 2 N–H and O–H groups in total. The van der Waals surface area contributed by atoms with Crippen LogP contribution in [0.3, 0.4) is 0 Å². The summed E-state index contributed by atoms with van der Waals surface area (Å²) in [7, 11) is 0. The van der Waals surface area contributed by atoms with E-state index in [9.17, 15) is 0 Å². The first kappa shape index (κ1) is 13.9. The van der Waals surface area contributed by atoms with Crippen LogP contribution in [-0.4, -0.2) is 37.9 Å². The summed E-state index contributed by atoms with van der Waals surface area (Å²) in [6, 6.07) is 0. The summed E-state index contributed by atoms with van der Waals surface area (Å²) in [6.45, 7) is 14.4. The lowest BCUT2D eigenvalue weighted by Gasteiger charge is -2.21. The second-order valence-corrected chi connectivity index (χ2v) is 4.65. The van der Waals surface area contributed by atoms with Crippen molar-refractivity contribution in [2.75, 3.05) is 26.2 Å². The third-order valence-corrected chi connectivity index (χ3v) is 1.84. The maximum Gasteiger partial charge on any atom is 0.0671 e. The zero-order valence-electron chi connectivity index (χ0n) is 10.3. The van der Waals surface area contributed by atoms with Crippen molar-refractivity contribution in [2.24, 2.45) is 0 Å². The van der Waals surface area contributed by atoms with Crippen LogP contribution in [0.4, 0.5) is 0 Å². The van der Waals surface area contributed by atoms with Crippen LogP contribution in [-0.2, 0) is 4.74 Å². The summed E-state index contributed by atoms with van der Waals surface area (Å²) in [4.78, 5) is 0. The highest BCUT2D eigenvalue weighted by molar-refractivity contribution is 4.70. The number of nitrogens with one attached hydrogen (secondary N) is 2. The third kappa shape index (κ3) is 9.96. The van der Waals surface area contributed by atoms with Crippen molar-refractivity contribution >= 4 is 0 Å². The lowest BCUT2D eigenvalue weighted by molar-refractivity contribution is 0.0763. The van der Waals surface area contributed by atoms with E-state index < -0.39 is 0 Å². The highest BCUT2D eigenvalue weighted by Gasteiger charge is 2.07. The summed E-state index contributed by atoms with van der Waals surface area (Å²) >= 11 is 0. The molecule has 0 rings (SSSR count). The van der Waals surface area contributed by atoms with Crippen LogP contribution in [0, 0.1) is 0 Å². The molecule has 14 heavy (non-hydrogen) atoms. The van der Waals surface area contributed by atoms with E-state index in [1.165, 1.54) is 0 Å². The predicted molar refractivity (Wildman–Crippen MR) is 61.7 cm³/mol. The van der Waals surface area contributed by atoms with Crippen LogP contribution in [0.15, 0.2) is 0 Å². The van der Waals surface area contributed by atoms with Crippen molar-refractivity contribution in [1.82, 2.24) is 10.6 Å². The largest absolute Gasteiger partial charge is 0.377 e. The van der Waals surface area contributed by atoms with E-state index in [2.05, 4.69) is 38.3 Å². The summed E-state index contributed by atoms with van der Waals surface area (Å²) in [5.74, 6) is 0. The second kappa shape index (κ2) is 7.21. The average Bonchev–Trinajstić information content (AvgIpc) is 2.02. The van der Waals surface area contributed by atoms with E-state index in [4.69, 9.17) is 4.74 Å². The van der Waals surface area contributed by atoms with Gasteiger partial charge in [-0.1, -0.05) is 0 Å². The maximum absolute atomic E-state index is 5.41. The summed E-state index contributed by atoms with van der Waals surface area (Å²) in [5, 5.41) is 6.78. The zero-order chi connectivity index (χ0) is 11.0.